The van der Waals surface area contributed by atoms with Gasteiger partial charge in [0.2, 0.25) is 0 Å². The second kappa shape index (κ2) is 9.46. The van der Waals surface area contributed by atoms with Gasteiger partial charge in [-0.25, -0.2) is 0 Å². The monoisotopic (exact) mass is 434 g/mol. The molecule has 0 unspecified atom stereocenters. The highest BCUT2D eigenvalue weighted by Gasteiger charge is 2.21. The molecule has 0 bridgehead atoms. The number of fused-ring (bicyclic) bond motifs is 1. The SMILES string of the molecule is COc1ccc(-c2c(OCCN(C)C)c3cc(Cl)ccc3n2Cc2ccccc2)cc1. The Morgan fingerprint density at radius 2 is 1.68 bits per heavy atom. The van der Waals surface area contributed by atoms with Crippen molar-refractivity contribution in [3.63, 3.8) is 0 Å². The predicted octanol–water partition coefficient (Wildman–Crippen LogP) is 5.96. The van der Waals surface area contributed by atoms with E-state index in [0.29, 0.717) is 11.6 Å². The number of hydrogen-bond donors (Lipinski definition) is 0. The molecule has 4 aromatic rings. The van der Waals surface area contributed by atoms with E-state index in [2.05, 4.69) is 51.9 Å². The van der Waals surface area contributed by atoms with Gasteiger partial charge in [0.25, 0.3) is 0 Å². The fourth-order valence-corrected chi connectivity index (χ4v) is 3.91. The predicted molar refractivity (Wildman–Crippen MR) is 129 cm³/mol. The van der Waals surface area contributed by atoms with Crippen LogP contribution in [0.15, 0.2) is 72.8 Å². The zero-order chi connectivity index (χ0) is 21.8. The van der Waals surface area contributed by atoms with Gasteiger partial charge >= 0.3 is 0 Å². The Balaban J connectivity index is 1.91. The molecule has 1 aromatic heterocycles. The third-order valence-corrected chi connectivity index (χ3v) is 5.55. The molecular formula is C26H27ClN2O2. The molecule has 0 saturated carbocycles. The van der Waals surface area contributed by atoms with Gasteiger partial charge in [0.05, 0.1) is 18.3 Å². The van der Waals surface area contributed by atoms with Gasteiger partial charge in [-0.3, -0.25) is 0 Å². The molecule has 0 spiro atoms. The molecule has 160 valence electrons. The number of aromatic nitrogens is 1. The zero-order valence-electron chi connectivity index (χ0n) is 18.1. The van der Waals surface area contributed by atoms with Crippen molar-refractivity contribution in [2.75, 3.05) is 34.4 Å². The van der Waals surface area contributed by atoms with Crippen molar-refractivity contribution in [1.82, 2.24) is 9.47 Å². The molecule has 4 nitrogen and oxygen atoms in total. The summed E-state index contributed by atoms with van der Waals surface area (Å²) in [6.45, 7) is 2.15. The van der Waals surface area contributed by atoms with Gasteiger partial charge in [-0.2, -0.15) is 0 Å². The summed E-state index contributed by atoms with van der Waals surface area (Å²) >= 11 is 6.39. The van der Waals surface area contributed by atoms with Crippen molar-refractivity contribution >= 4 is 22.5 Å². The summed E-state index contributed by atoms with van der Waals surface area (Å²) in [5, 5.41) is 1.72. The van der Waals surface area contributed by atoms with E-state index in [4.69, 9.17) is 21.1 Å². The highest BCUT2D eigenvalue weighted by atomic mass is 35.5. The van der Waals surface area contributed by atoms with E-state index in [9.17, 15) is 0 Å². The Hall–Kier alpha value is -2.95. The Morgan fingerprint density at radius 3 is 2.35 bits per heavy atom. The van der Waals surface area contributed by atoms with Gasteiger partial charge in [-0.05, 0) is 62.1 Å². The third kappa shape index (κ3) is 4.71. The van der Waals surface area contributed by atoms with Crippen molar-refractivity contribution in [3.8, 4) is 22.8 Å². The summed E-state index contributed by atoms with van der Waals surface area (Å²) in [7, 11) is 5.77. The Labute approximate surface area is 188 Å². The quantitative estimate of drug-likeness (QED) is 0.342. The molecule has 0 aliphatic rings. The summed E-state index contributed by atoms with van der Waals surface area (Å²) in [5.74, 6) is 1.69. The average molecular weight is 435 g/mol. The first-order valence-electron chi connectivity index (χ1n) is 10.3. The Morgan fingerprint density at radius 1 is 0.935 bits per heavy atom. The first-order valence-corrected chi connectivity index (χ1v) is 10.7. The molecule has 4 rings (SSSR count). The maximum Gasteiger partial charge on any atom is 0.153 e. The van der Waals surface area contributed by atoms with Crippen LogP contribution in [-0.2, 0) is 6.54 Å². The smallest absolute Gasteiger partial charge is 0.153 e. The molecular weight excluding hydrogens is 408 g/mol. The minimum absolute atomic E-state index is 0.590. The van der Waals surface area contributed by atoms with Crippen LogP contribution in [0.5, 0.6) is 11.5 Å². The van der Waals surface area contributed by atoms with Crippen LogP contribution < -0.4 is 9.47 Å². The molecule has 0 radical (unpaired) electrons. The Bertz CT molecular complexity index is 1150. The van der Waals surface area contributed by atoms with E-state index in [1.165, 1.54) is 5.56 Å². The highest BCUT2D eigenvalue weighted by molar-refractivity contribution is 6.31. The normalized spacial score (nSPS) is 11.3. The van der Waals surface area contributed by atoms with Crippen LogP contribution in [0.4, 0.5) is 0 Å². The second-order valence-electron chi connectivity index (χ2n) is 7.79. The number of likely N-dealkylation sites (N-methyl/N-ethyl adjacent to an activating group) is 1. The maximum absolute atomic E-state index is 6.39. The van der Waals surface area contributed by atoms with Crippen LogP contribution in [-0.4, -0.2) is 43.8 Å². The lowest BCUT2D eigenvalue weighted by atomic mass is 10.1. The highest BCUT2D eigenvalue weighted by Crippen LogP contribution is 2.42. The van der Waals surface area contributed by atoms with Crippen molar-refractivity contribution in [2.24, 2.45) is 0 Å². The third-order valence-electron chi connectivity index (χ3n) is 5.31. The van der Waals surface area contributed by atoms with Gasteiger partial charge < -0.3 is 18.9 Å². The van der Waals surface area contributed by atoms with E-state index >= 15 is 0 Å². The van der Waals surface area contributed by atoms with Crippen LogP contribution in [0.3, 0.4) is 0 Å². The second-order valence-corrected chi connectivity index (χ2v) is 8.23. The minimum Gasteiger partial charge on any atom is -0.497 e. The van der Waals surface area contributed by atoms with E-state index in [1.54, 1.807) is 7.11 Å². The standard InChI is InChI=1S/C26H27ClN2O2/c1-28(2)15-16-31-26-23-17-21(27)11-14-24(23)29(18-19-7-5-4-6-8-19)25(26)20-9-12-22(30-3)13-10-20/h4-14,17H,15-16,18H2,1-3H3. The van der Waals surface area contributed by atoms with Crippen LogP contribution in [0.25, 0.3) is 22.2 Å². The van der Waals surface area contributed by atoms with E-state index < -0.39 is 0 Å². The number of ether oxygens (including phenoxy) is 2. The van der Waals surface area contributed by atoms with Gasteiger partial charge in [-0.15, -0.1) is 0 Å². The number of hydrogen-bond acceptors (Lipinski definition) is 3. The lowest BCUT2D eigenvalue weighted by Crippen LogP contribution is -2.19. The van der Waals surface area contributed by atoms with E-state index in [0.717, 1.165) is 46.7 Å². The summed E-state index contributed by atoms with van der Waals surface area (Å²) in [5.41, 5.74) is 4.44. The van der Waals surface area contributed by atoms with Crippen LogP contribution in [0, 0.1) is 0 Å². The topological polar surface area (TPSA) is 26.6 Å². The van der Waals surface area contributed by atoms with Crippen molar-refractivity contribution < 1.29 is 9.47 Å². The van der Waals surface area contributed by atoms with Crippen LogP contribution in [0.1, 0.15) is 5.56 Å². The molecule has 0 N–H and O–H groups in total. The molecule has 1 heterocycles. The van der Waals surface area contributed by atoms with Gasteiger partial charge in [0.1, 0.15) is 12.4 Å². The fourth-order valence-electron chi connectivity index (χ4n) is 3.74. The molecule has 0 atom stereocenters. The van der Waals surface area contributed by atoms with Crippen molar-refractivity contribution in [2.45, 2.75) is 6.54 Å². The largest absolute Gasteiger partial charge is 0.497 e. The van der Waals surface area contributed by atoms with Gasteiger partial charge in [0.15, 0.2) is 5.75 Å². The lowest BCUT2D eigenvalue weighted by molar-refractivity contribution is 0.264. The molecule has 5 heteroatoms. The van der Waals surface area contributed by atoms with Crippen molar-refractivity contribution in [1.29, 1.82) is 0 Å². The summed E-state index contributed by atoms with van der Waals surface area (Å²) in [6, 6.07) is 24.6. The van der Waals surface area contributed by atoms with E-state index in [1.807, 2.05) is 44.4 Å². The van der Waals surface area contributed by atoms with Crippen molar-refractivity contribution in [3.05, 3.63) is 83.4 Å². The van der Waals surface area contributed by atoms with E-state index in [-0.39, 0.29) is 0 Å². The van der Waals surface area contributed by atoms with Gasteiger partial charge in [-0.1, -0.05) is 41.9 Å². The molecule has 0 saturated heterocycles. The average Bonchev–Trinajstić information content (AvgIpc) is 3.06. The molecule has 3 aromatic carbocycles. The maximum atomic E-state index is 6.39. The first kappa shape index (κ1) is 21.3. The fraction of sp³-hybridized carbons (Fsp3) is 0.231. The molecule has 0 aliphatic carbocycles. The summed E-state index contributed by atoms with van der Waals surface area (Å²) < 4.78 is 14.1. The molecule has 0 aliphatic heterocycles. The summed E-state index contributed by atoms with van der Waals surface area (Å²) in [4.78, 5) is 2.11. The minimum atomic E-state index is 0.590. The van der Waals surface area contributed by atoms with Crippen LogP contribution >= 0.6 is 11.6 Å². The molecule has 0 amide bonds. The number of methoxy groups -OCH3 is 1. The zero-order valence-corrected chi connectivity index (χ0v) is 18.9. The number of nitrogens with zero attached hydrogens (tertiary/aromatic N) is 2. The number of rotatable bonds is 8. The lowest BCUT2D eigenvalue weighted by Gasteiger charge is -2.15. The van der Waals surface area contributed by atoms with Crippen LogP contribution in [0.2, 0.25) is 5.02 Å². The molecule has 0 fully saturated rings. The first-order chi connectivity index (χ1) is 15.1. The summed E-state index contributed by atoms with van der Waals surface area (Å²) in [6.07, 6.45) is 0. The number of halogens is 1. The van der Waals surface area contributed by atoms with Gasteiger partial charge in [0, 0.05) is 29.1 Å². The number of benzene rings is 3. The molecule has 31 heavy (non-hydrogen) atoms. The Kier molecular flexibility index (Phi) is 6.50.